The highest BCUT2D eigenvalue weighted by Gasteiger charge is 2.18. The fourth-order valence-corrected chi connectivity index (χ4v) is 3.73. The number of benzene rings is 2. The highest BCUT2D eigenvalue weighted by atomic mass is 35.5. The molecule has 0 aliphatic heterocycles. The molecule has 6 nitrogen and oxygen atoms in total. The van der Waals surface area contributed by atoms with E-state index >= 15 is 0 Å². The average molecular weight is 499 g/mol. The molecule has 4 aromatic rings. The summed E-state index contributed by atoms with van der Waals surface area (Å²) in [5.41, 5.74) is 2.76. The van der Waals surface area contributed by atoms with E-state index in [0.29, 0.717) is 46.0 Å². The Hall–Kier alpha value is -3.29. The van der Waals surface area contributed by atoms with Gasteiger partial charge in [-0.2, -0.15) is 4.98 Å². The van der Waals surface area contributed by atoms with Crippen LogP contribution in [0.1, 0.15) is 29.1 Å². The van der Waals surface area contributed by atoms with Crippen molar-refractivity contribution in [2.24, 2.45) is 0 Å². The second-order valence-electron chi connectivity index (χ2n) is 7.80. The predicted octanol–water partition coefficient (Wildman–Crippen LogP) is 6.05. The molecule has 2 aromatic heterocycles. The lowest BCUT2D eigenvalue weighted by atomic mass is 10.1. The fraction of sp³-hybridized carbons (Fsp3) is 0.200. The largest absolute Gasteiger partial charge is 0.339 e. The molecule has 2 heterocycles. The van der Waals surface area contributed by atoms with Gasteiger partial charge in [0.25, 0.3) is 0 Å². The van der Waals surface area contributed by atoms with E-state index in [9.17, 15) is 9.18 Å². The SMILES string of the molecule is Cc1cc(-c2noc(CCC(=O)N(Cc3ccc(Cl)c(Cl)c3)Cc3ccccn3)n2)ccc1F. The van der Waals surface area contributed by atoms with E-state index in [4.69, 9.17) is 27.7 Å². The van der Waals surface area contributed by atoms with Gasteiger partial charge in [-0.1, -0.05) is 40.5 Å². The molecule has 0 bridgehead atoms. The van der Waals surface area contributed by atoms with Crippen molar-refractivity contribution in [2.75, 3.05) is 0 Å². The molecular weight excluding hydrogens is 478 g/mol. The normalized spacial score (nSPS) is 10.9. The standard InChI is InChI=1S/C25H21Cl2FN4O2/c1-16-12-18(6-8-22(16)28)25-30-23(34-31-25)9-10-24(33)32(15-19-4-2-3-11-29-19)14-17-5-7-20(26)21(27)13-17/h2-8,11-13H,9-10,14-15H2,1H3. The quantitative estimate of drug-likeness (QED) is 0.295. The Labute approximate surface area is 206 Å². The Kier molecular flexibility index (Phi) is 7.55. The predicted molar refractivity (Wildman–Crippen MR) is 128 cm³/mol. The average Bonchev–Trinajstić information content (AvgIpc) is 3.31. The van der Waals surface area contributed by atoms with E-state index in [2.05, 4.69) is 15.1 Å². The van der Waals surface area contributed by atoms with Crippen LogP contribution < -0.4 is 0 Å². The van der Waals surface area contributed by atoms with E-state index < -0.39 is 0 Å². The van der Waals surface area contributed by atoms with Crippen LogP contribution in [0.3, 0.4) is 0 Å². The molecule has 34 heavy (non-hydrogen) atoms. The van der Waals surface area contributed by atoms with Crippen molar-refractivity contribution in [3.63, 3.8) is 0 Å². The van der Waals surface area contributed by atoms with Crippen LogP contribution in [-0.2, 0) is 24.3 Å². The molecule has 0 aliphatic carbocycles. The van der Waals surface area contributed by atoms with Gasteiger partial charge in [0.05, 0.1) is 22.3 Å². The fourth-order valence-electron chi connectivity index (χ4n) is 3.41. The summed E-state index contributed by atoms with van der Waals surface area (Å²) in [5, 5.41) is 4.85. The molecule has 0 spiro atoms. The molecule has 0 atom stereocenters. The summed E-state index contributed by atoms with van der Waals surface area (Å²) in [7, 11) is 0. The first kappa shape index (κ1) is 23.9. The van der Waals surface area contributed by atoms with Crippen LogP contribution in [0.5, 0.6) is 0 Å². The van der Waals surface area contributed by atoms with Gasteiger partial charge in [-0.25, -0.2) is 4.39 Å². The van der Waals surface area contributed by atoms with Gasteiger partial charge < -0.3 is 9.42 Å². The molecule has 0 saturated heterocycles. The lowest BCUT2D eigenvalue weighted by molar-refractivity contribution is -0.132. The number of aromatic nitrogens is 3. The number of carbonyl (C=O) groups excluding carboxylic acids is 1. The van der Waals surface area contributed by atoms with Crippen LogP contribution in [-0.4, -0.2) is 25.9 Å². The maximum atomic E-state index is 13.5. The maximum absolute atomic E-state index is 13.5. The smallest absolute Gasteiger partial charge is 0.227 e. The first-order valence-electron chi connectivity index (χ1n) is 10.6. The van der Waals surface area contributed by atoms with Crippen molar-refractivity contribution >= 4 is 29.1 Å². The van der Waals surface area contributed by atoms with Crippen LogP contribution >= 0.6 is 23.2 Å². The number of aryl methyl sites for hydroxylation is 2. The number of halogens is 3. The Bertz CT molecular complexity index is 1300. The van der Waals surface area contributed by atoms with Gasteiger partial charge in [-0.15, -0.1) is 0 Å². The van der Waals surface area contributed by atoms with Crippen LogP contribution in [0, 0.1) is 12.7 Å². The third kappa shape index (κ3) is 5.98. The summed E-state index contributed by atoms with van der Waals surface area (Å²) in [6.07, 6.45) is 2.12. The van der Waals surface area contributed by atoms with Gasteiger partial charge in [-0.05, 0) is 60.5 Å². The molecule has 4 rings (SSSR count). The maximum Gasteiger partial charge on any atom is 0.227 e. The van der Waals surface area contributed by atoms with Gasteiger partial charge in [0.2, 0.25) is 17.6 Å². The highest BCUT2D eigenvalue weighted by molar-refractivity contribution is 6.42. The van der Waals surface area contributed by atoms with E-state index in [-0.39, 0.29) is 24.6 Å². The summed E-state index contributed by atoms with van der Waals surface area (Å²) in [5.74, 6) is 0.284. The molecule has 2 aromatic carbocycles. The number of nitrogens with zero attached hydrogens (tertiary/aromatic N) is 4. The lowest BCUT2D eigenvalue weighted by Gasteiger charge is -2.22. The second-order valence-corrected chi connectivity index (χ2v) is 8.61. The van der Waals surface area contributed by atoms with Crippen LogP contribution in [0.15, 0.2) is 65.3 Å². The Morgan fingerprint density at radius 3 is 2.65 bits per heavy atom. The van der Waals surface area contributed by atoms with Gasteiger partial charge >= 0.3 is 0 Å². The third-order valence-electron chi connectivity index (χ3n) is 5.23. The van der Waals surface area contributed by atoms with Crippen molar-refractivity contribution in [3.05, 3.63) is 99.4 Å². The van der Waals surface area contributed by atoms with Crippen molar-refractivity contribution in [1.29, 1.82) is 0 Å². The number of pyridine rings is 1. The highest BCUT2D eigenvalue weighted by Crippen LogP contribution is 2.24. The minimum absolute atomic E-state index is 0.103. The van der Waals surface area contributed by atoms with E-state index in [1.54, 1.807) is 42.3 Å². The molecular formula is C25H21Cl2FN4O2. The first-order chi connectivity index (χ1) is 16.4. The summed E-state index contributed by atoms with van der Waals surface area (Å²) >= 11 is 12.2. The summed E-state index contributed by atoms with van der Waals surface area (Å²) < 4.78 is 18.8. The van der Waals surface area contributed by atoms with Crippen molar-refractivity contribution < 1.29 is 13.7 Å². The van der Waals surface area contributed by atoms with Gasteiger partial charge in [0.1, 0.15) is 5.82 Å². The number of hydrogen-bond donors (Lipinski definition) is 0. The van der Waals surface area contributed by atoms with Crippen molar-refractivity contribution in [3.8, 4) is 11.4 Å². The molecule has 9 heteroatoms. The van der Waals surface area contributed by atoms with Crippen molar-refractivity contribution in [2.45, 2.75) is 32.9 Å². The molecule has 174 valence electrons. The minimum Gasteiger partial charge on any atom is -0.339 e. The van der Waals surface area contributed by atoms with E-state index in [0.717, 1.165) is 11.3 Å². The Balaban J connectivity index is 1.46. The first-order valence-corrected chi connectivity index (χ1v) is 11.4. The number of amides is 1. The Morgan fingerprint density at radius 2 is 1.91 bits per heavy atom. The molecule has 0 fully saturated rings. The second kappa shape index (κ2) is 10.8. The zero-order valence-electron chi connectivity index (χ0n) is 18.3. The molecule has 1 amide bonds. The number of rotatable bonds is 8. The zero-order chi connectivity index (χ0) is 24.1. The van der Waals surface area contributed by atoms with E-state index in [1.165, 1.54) is 6.07 Å². The summed E-state index contributed by atoms with van der Waals surface area (Å²) in [4.78, 5) is 23.5. The van der Waals surface area contributed by atoms with Crippen LogP contribution in [0.4, 0.5) is 4.39 Å². The molecule has 0 aliphatic rings. The molecule has 0 saturated carbocycles. The summed E-state index contributed by atoms with van der Waals surface area (Å²) in [6.45, 7) is 2.35. The number of hydrogen-bond acceptors (Lipinski definition) is 5. The molecule has 0 N–H and O–H groups in total. The zero-order valence-corrected chi connectivity index (χ0v) is 19.9. The van der Waals surface area contributed by atoms with Crippen LogP contribution in [0.25, 0.3) is 11.4 Å². The number of carbonyl (C=O) groups is 1. The minimum atomic E-state index is -0.298. The summed E-state index contributed by atoms with van der Waals surface area (Å²) in [6, 6.07) is 15.5. The molecule has 0 radical (unpaired) electrons. The Morgan fingerprint density at radius 1 is 1.06 bits per heavy atom. The van der Waals surface area contributed by atoms with Gasteiger partial charge in [-0.3, -0.25) is 9.78 Å². The van der Waals surface area contributed by atoms with Crippen molar-refractivity contribution in [1.82, 2.24) is 20.0 Å². The molecule has 0 unspecified atom stereocenters. The van der Waals surface area contributed by atoms with E-state index in [1.807, 2.05) is 24.3 Å². The van der Waals surface area contributed by atoms with Gasteiger partial charge in [0, 0.05) is 31.1 Å². The third-order valence-corrected chi connectivity index (χ3v) is 5.97. The topological polar surface area (TPSA) is 72.1 Å². The van der Waals surface area contributed by atoms with Crippen LogP contribution in [0.2, 0.25) is 10.0 Å². The monoisotopic (exact) mass is 498 g/mol. The van der Waals surface area contributed by atoms with Gasteiger partial charge in [0.15, 0.2) is 0 Å². The lowest BCUT2D eigenvalue weighted by Crippen LogP contribution is -2.30.